The van der Waals surface area contributed by atoms with Gasteiger partial charge in [0.2, 0.25) is 17.8 Å². The number of amides is 1. The molecule has 0 radical (unpaired) electrons. The predicted molar refractivity (Wildman–Crippen MR) is 134 cm³/mol. The van der Waals surface area contributed by atoms with E-state index in [-0.39, 0.29) is 35.6 Å². The number of nitrogens with two attached hydrogens (primary N) is 1. The Morgan fingerprint density at radius 2 is 2.03 bits per heavy atom. The molecule has 3 atom stereocenters. The highest BCUT2D eigenvalue weighted by Gasteiger charge is 2.25. The molecule has 4 rings (SSSR count). The third-order valence-corrected chi connectivity index (χ3v) is 6.59. The van der Waals surface area contributed by atoms with Crippen molar-refractivity contribution in [1.29, 1.82) is 0 Å². The van der Waals surface area contributed by atoms with Gasteiger partial charge in [-0.2, -0.15) is 4.98 Å². The van der Waals surface area contributed by atoms with Crippen LogP contribution < -0.4 is 16.4 Å². The zero-order valence-corrected chi connectivity index (χ0v) is 20.7. The van der Waals surface area contributed by atoms with E-state index in [1.54, 1.807) is 4.57 Å². The van der Waals surface area contributed by atoms with Gasteiger partial charge in [-0.1, -0.05) is 24.9 Å². The smallest absolute Gasteiger partial charge is 0.224 e. The van der Waals surface area contributed by atoms with Crippen molar-refractivity contribution in [3.8, 4) is 0 Å². The molecular formula is C24H30ClF2N7O2. The van der Waals surface area contributed by atoms with E-state index >= 15 is 0 Å². The second kappa shape index (κ2) is 11.3. The first-order valence-electron chi connectivity index (χ1n) is 12.1. The van der Waals surface area contributed by atoms with Crippen molar-refractivity contribution in [2.24, 2.45) is 5.73 Å². The minimum absolute atomic E-state index is 0.0266. The van der Waals surface area contributed by atoms with E-state index in [1.807, 2.05) is 6.92 Å². The summed E-state index contributed by atoms with van der Waals surface area (Å²) in [5, 5.41) is 16.0. The number of hydrogen-bond donors (Lipinski definition) is 4. The van der Waals surface area contributed by atoms with Crippen molar-refractivity contribution >= 4 is 46.3 Å². The molecule has 36 heavy (non-hydrogen) atoms. The molecule has 0 bridgehead atoms. The zero-order valence-electron chi connectivity index (χ0n) is 20.0. The highest BCUT2D eigenvalue weighted by Crippen LogP contribution is 2.33. The normalized spacial score (nSPS) is 18.8. The lowest BCUT2D eigenvalue weighted by Crippen LogP contribution is -2.30. The molecule has 0 saturated heterocycles. The number of carbonyl (C=O) groups excluding carboxylic acids is 1. The number of aliphatic hydroxyl groups excluding tert-OH is 1. The number of nitrogens with zero attached hydrogens (tertiary/aromatic N) is 4. The van der Waals surface area contributed by atoms with Gasteiger partial charge in [0, 0.05) is 23.5 Å². The van der Waals surface area contributed by atoms with Crippen LogP contribution >= 0.6 is 11.6 Å². The van der Waals surface area contributed by atoms with Crippen LogP contribution in [0, 0.1) is 11.6 Å². The maximum atomic E-state index is 14.6. The lowest BCUT2D eigenvalue weighted by Gasteiger charge is -2.26. The second-order valence-electron chi connectivity index (χ2n) is 9.19. The number of nitrogens with one attached hydrogen (secondary N) is 2. The van der Waals surface area contributed by atoms with Gasteiger partial charge in [-0.15, -0.1) is 0 Å². The summed E-state index contributed by atoms with van der Waals surface area (Å²) in [5.41, 5.74) is 5.88. The SMILES string of the molecule is CCC[C@H](CCC(N)=O)n1c(Nc2c(F)cc(Cl)cc2F)nc2cnc(N[C@H]3CCC[C@@H](O)C3)nc21. The second-order valence-corrected chi connectivity index (χ2v) is 9.62. The molecule has 0 aliphatic heterocycles. The van der Waals surface area contributed by atoms with Crippen LogP contribution in [0.25, 0.3) is 11.2 Å². The minimum Gasteiger partial charge on any atom is -0.393 e. The molecule has 1 aliphatic rings. The van der Waals surface area contributed by atoms with Crippen LogP contribution in [0.1, 0.15) is 64.3 Å². The quantitative estimate of drug-likeness (QED) is 0.300. The van der Waals surface area contributed by atoms with Crippen LogP contribution in [0.15, 0.2) is 18.3 Å². The van der Waals surface area contributed by atoms with Crippen molar-refractivity contribution in [1.82, 2.24) is 19.5 Å². The van der Waals surface area contributed by atoms with Crippen LogP contribution in [-0.4, -0.2) is 42.7 Å². The van der Waals surface area contributed by atoms with Gasteiger partial charge in [-0.05, 0) is 50.7 Å². The molecule has 9 nitrogen and oxygen atoms in total. The Kier molecular flexibility index (Phi) is 8.20. The molecule has 2 heterocycles. The van der Waals surface area contributed by atoms with E-state index in [0.717, 1.165) is 37.8 Å². The number of hydrogen-bond acceptors (Lipinski definition) is 7. The third-order valence-electron chi connectivity index (χ3n) is 6.37. The topological polar surface area (TPSA) is 131 Å². The third kappa shape index (κ3) is 6.01. The van der Waals surface area contributed by atoms with E-state index in [4.69, 9.17) is 17.3 Å². The number of primary amides is 1. The summed E-state index contributed by atoms with van der Waals surface area (Å²) in [6, 6.07) is 1.78. The van der Waals surface area contributed by atoms with Crippen LogP contribution in [0.3, 0.4) is 0 Å². The number of benzene rings is 1. The summed E-state index contributed by atoms with van der Waals surface area (Å²) in [6.07, 6.45) is 6.29. The number of rotatable bonds is 10. The van der Waals surface area contributed by atoms with Crippen molar-refractivity contribution in [2.45, 2.75) is 76.5 Å². The Balaban J connectivity index is 1.77. The van der Waals surface area contributed by atoms with Gasteiger partial charge in [0.15, 0.2) is 17.3 Å². The van der Waals surface area contributed by atoms with Crippen LogP contribution in [0.2, 0.25) is 5.02 Å². The van der Waals surface area contributed by atoms with Gasteiger partial charge in [0.25, 0.3) is 0 Å². The maximum absolute atomic E-state index is 14.6. The number of fused-ring (bicyclic) bond motifs is 1. The monoisotopic (exact) mass is 521 g/mol. The van der Waals surface area contributed by atoms with Gasteiger partial charge < -0.3 is 21.5 Å². The molecule has 194 valence electrons. The Morgan fingerprint density at radius 3 is 2.69 bits per heavy atom. The lowest BCUT2D eigenvalue weighted by atomic mass is 9.93. The van der Waals surface area contributed by atoms with Crippen LogP contribution in [0.5, 0.6) is 0 Å². The average molecular weight is 522 g/mol. The fraction of sp³-hybridized carbons (Fsp3) is 0.500. The van der Waals surface area contributed by atoms with E-state index in [2.05, 4.69) is 25.6 Å². The fourth-order valence-corrected chi connectivity index (χ4v) is 4.88. The summed E-state index contributed by atoms with van der Waals surface area (Å²) < 4.78 is 30.9. The van der Waals surface area contributed by atoms with Gasteiger partial charge in [-0.25, -0.2) is 18.7 Å². The van der Waals surface area contributed by atoms with Gasteiger partial charge in [0.05, 0.1) is 12.3 Å². The number of imidazole rings is 1. The predicted octanol–water partition coefficient (Wildman–Crippen LogP) is 4.82. The van der Waals surface area contributed by atoms with E-state index in [0.29, 0.717) is 36.4 Å². The Hall–Kier alpha value is -3.05. The molecule has 0 spiro atoms. The Morgan fingerprint density at radius 1 is 1.28 bits per heavy atom. The molecule has 2 aromatic heterocycles. The summed E-state index contributed by atoms with van der Waals surface area (Å²) in [7, 11) is 0. The fourth-order valence-electron chi connectivity index (χ4n) is 4.69. The number of aromatic nitrogens is 4. The Labute approximate surface area is 212 Å². The van der Waals surface area contributed by atoms with E-state index in [1.165, 1.54) is 6.20 Å². The lowest BCUT2D eigenvalue weighted by molar-refractivity contribution is -0.118. The largest absolute Gasteiger partial charge is 0.393 e. The first-order chi connectivity index (χ1) is 17.2. The number of anilines is 3. The summed E-state index contributed by atoms with van der Waals surface area (Å²) in [6.45, 7) is 2.00. The molecule has 3 aromatic rings. The van der Waals surface area contributed by atoms with Crippen LogP contribution in [0.4, 0.5) is 26.4 Å². The van der Waals surface area contributed by atoms with Gasteiger partial charge >= 0.3 is 0 Å². The van der Waals surface area contributed by atoms with Crippen molar-refractivity contribution in [3.63, 3.8) is 0 Å². The highest BCUT2D eigenvalue weighted by atomic mass is 35.5. The molecule has 1 aromatic carbocycles. The number of halogens is 3. The maximum Gasteiger partial charge on any atom is 0.224 e. The van der Waals surface area contributed by atoms with Gasteiger partial charge in [0.1, 0.15) is 11.2 Å². The summed E-state index contributed by atoms with van der Waals surface area (Å²) in [4.78, 5) is 25.1. The minimum atomic E-state index is -0.868. The number of carbonyl (C=O) groups is 1. The molecule has 1 saturated carbocycles. The van der Waals surface area contributed by atoms with Crippen molar-refractivity contribution in [2.75, 3.05) is 10.6 Å². The first-order valence-corrected chi connectivity index (χ1v) is 12.5. The molecule has 12 heteroatoms. The average Bonchev–Trinajstić information content (AvgIpc) is 3.16. The van der Waals surface area contributed by atoms with E-state index < -0.39 is 23.2 Å². The van der Waals surface area contributed by atoms with Crippen LogP contribution in [-0.2, 0) is 4.79 Å². The first kappa shape index (κ1) is 26.0. The molecule has 1 fully saturated rings. The van der Waals surface area contributed by atoms with Crippen molar-refractivity contribution in [3.05, 3.63) is 35.0 Å². The molecular weight excluding hydrogens is 492 g/mol. The standard InChI is InChI=1S/C24H30ClF2N7O2/c1-2-4-15(7-8-20(28)36)34-22-19(12-29-23(33-22)30-14-5-3-6-16(35)11-14)31-24(34)32-21-17(26)9-13(25)10-18(21)27/h9-10,12,14-16,35H,2-8,11H2,1H3,(H2,28,36)(H,31,32)(H,29,30,33)/t14-,15+,16+/m0/s1. The summed E-state index contributed by atoms with van der Waals surface area (Å²) >= 11 is 5.78. The molecule has 1 aliphatic carbocycles. The van der Waals surface area contributed by atoms with Gasteiger partial charge in [-0.3, -0.25) is 9.36 Å². The number of aliphatic hydroxyl groups is 1. The zero-order chi connectivity index (χ0) is 25.8. The highest BCUT2D eigenvalue weighted by molar-refractivity contribution is 6.30. The van der Waals surface area contributed by atoms with E-state index in [9.17, 15) is 18.7 Å². The van der Waals surface area contributed by atoms with Crippen molar-refractivity contribution < 1.29 is 18.7 Å². The Bertz CT molecular complexity index is 1220. The molecule has 0 unspecified atom stereocenters. The molecule has 1 amide bonds. The molecule has 5 N–H and O–H groups in total. The summed E-state index contributed by atoms with van der Waals surface area (Å²) in [5.74, 6) is -1.66.